The van der Waals surface area contributed by atoms with Gasteiger partial charge in [0.15, 0.2) is 0 Å². The molecule has 4 atom stereocenters. The Morgan fingerprint density at radius 2 is 1.72 bits per heavy atom. The molecule has 3 aromatic rings. The van der Waals surface area contributed by atoms with Gasteiger partial charge < -0.3 is 25.2 Å². The maximum absolute atomic E-state index is 15.5. The summed E-state index contributed by atoms with van der Waals surface area (Å²) in [6.45, 7) is 5.51. The molecule has 4 N–H and O–H groups in total. The van der Waals surface area contributed by atoms with Crippen LogP contribution in [0.3, 0.4) is 0 Å². The fraction of sp³-hybridized carbons (Fsp3) is 0.400. The first-order chi connectivity index (χ1) is 22.3. The van der Waals surface area contributed by atoms with E-state index in [1.807, 2.05) is 32.9 Å². The minimum absolute atomic E-state index is 0.0239. The normalized spacial score (nSPS) is 19.8. The first-order valence-electron chi connectivity index (χ1n) is 15.6. The predicted molar refractivity (Wildman–Crippen MR) is 182 cm³/mol. The summed E-state index contributed by atoms with van der Waals surface area (Å²) in [5, 5.41) is 25.7. The van der Waals surface area contributed by atoms with Crippen LogP contribution in [-0.4, -0.2) is 49.9 Å². The highest BCUT2D eigenvalue weighted by Gasteiger charge is 2.44. The fourth-order valence-corrected chi connectivity index (χ4v) is 6.80. The van der Waals surface area contributed by atoms with Gasteiger partial charge in [-0.05, 0) is 99.2 Å². The minimum Gasteiger partial charge on any atom is -0.598 e. The van der Waals surface area contributed by atoms with Crippen molar-refractivity contribution in [2.75, 3.05) is 17.2 Å². The zero-order valence-electron chi connectivity index (χ0n) is 26.6. The van der Waals surface area contributed by atoms with Gasteiger partial charge in [0, 0.05) is 35.0 Å². The lowest BCUT2D eigenvalue weighted by molar-refractivity contribution is -0.119. The summed E-state index contributed by atoms with van der Waals surface area (Å²) < 4.78 is 31.9. The van der Waals surface area contributed by atoms with Crippen LogP contribution in [0.2, 0.25) is 5.02 Å². The lowest BCUT2D eigenvalue weighted by atomic mass is 9.79. The van der Waals surface area contributed by atoms with E-state index in [1.54, 1.807) is 42.5 Å². The van der Waals surface area contributed by atoms with E-state index < -0.39 is 51.5 Å². The topological polar surface area (TPSA) is 141 Å². The van der Waals surface area contributed by atoms with Gasteiger partial charge in [-0.3, -0.25) is 4.79 Å². The van der Waals surface area contributed by atoms with Gasteiger partial charge >= 0.3 is 6.03 Å². The number of urea groups is 1. The van der Waals surface area contributed by atoms with Gasteiger partial charge in [0.05, 0.1) is 23.4 Å². The highest BCUT2D eigenvalue weighted by molar-refractivity contribution is 7.90. The number of carbonyl (C=O) groups is 2. The minimum atomic E-state index is -1.55. The molecule has 0 bridgehead atoms. The molecule has 0 aromatic heterocycles. The second-order valence-electron chi connectivity index (χ2n) is 13.2. The zero-order chi connectivity index (χ0) is 33.9. The molecule has 2 fully saturated rings. The number of benzene rings is 3. The van der Waals surface area contributed by atoms with Crippen molar-refractivity contribution < 1.29 is 23.6 Å². The van der Waals surface area contributed by atoms with Gasteiger partial charge in [-0.2, -0.15) is 5.26 Å². The maximum Gasteiger partial charge on any atom is 0.322 e. The molecule has 1 heterocycles. The van der Waals surface area contributed by atoms with Gasteiger partial charge in [-0.15, -0.1) is 4.72 Å². The number of nitrogens with one attached hydrogen (secondary N) is 3. The molecule has 2 aliphatic rings. The molecular formula is C35H39ClFN5O4S. The quantitative estimate of drug-likeness (QED) is 0.182. The van der Waals surface area contributed by atoms with Crippen LogP contribution in [0.25, 0.3) is 0 Å². The summed E-state index contributed by atoms with van der Waals surface area (Å²) in [6.07, 6.45) is 2.60. The van der Waals surface area contributed by atoms with Crippen molar-refractivity contribution in [3.63, 3.8) is 0 Å². The van der Waals surface area contributed by atoms with Gasteiger partial charge in [0.25, 0.3) is 0 Å². The second kappa shape index (κ2) is 14.2. The van der Waals surface area contributed by atoms with Crippen molar-refractivity contribution in [2.45, 2.75) is 75.3 Å². The molecule has 5 rings (SSSR count). The third kappa shape index (κ3) is 8.26. The molecule has 3 aromatic carbocycles. The van der Waals surface area contributed by atoms with Gasteiger partial charge in [-0.25, -0.2) is 9.18 Å². The molecule has 3 amide bonds. The summed E-state index contributed by atoms with van der Waals surface area (Å²) in [6, 6.07) is 18.4. The number of hydrogen-bond donors (Lipinski definition) is 4. The van der Waals surface area contributed by atoms with Crippen LogP contribution < -0.4 is 15.4 Å². The van der Waals surface area contributed by atoms with Crippen LogP contribution in [0.4, 0.5) is 20.6 Å². The van der Waals surface area contributed by atoms with E-state index in [2.05, 4.69) is 21.4 Å². The smallest absolute Gasteiger partial charge is 0.322 e. The molecule has 1 unspecified atom stereocenters. The summed E-state index contributed by atoms with van der Waals surface area (Å²) in [5.74, 6) is -0.821. The molecule has 1 saturated carbocycles. The van der Waals surface area contributed by atoms with Crippen molar-refractivity contribution in [1.29, 1.82) is 5.26 Å². The lowest BCUT2D eigenvalue weighted by Crippen LogP contribution is -2.52. The standard InChI is InChI=1S/C35H39ClFN5O4S/c1-34(2,3)47(46)41-35(17-16-22-4-5-22,24-8-6-23(20-38)7-9-24)25-10-15-29(37)30(18-25)40-32(44)31-19-28(43)21-42(31)33(45)39-27-13-11-26(36)12-14-27/h6-15,18,22,28,31,41,43H,4-5,16-17,19,21H2,1-3H3,(H,39,45)(H,40,44)/t28-,31-,35?,47+/m1/s1. The number of amides is 3. The Kier molecular flexibility index (Phi) is 10.5. The number of carbonyl (C=O) groups excluding carboxylic acids is 2. The van der Waals surface area contributed by atoms with E-state index in [1.165, 1.54) is 17.0 Å². The summed E-state index contributed by atoms with van der Waals surface area (Å²) in [5.41, 5.74) is 1.11. The van der Waals surface area contributed by atoms with E-state index >= 15 is 4.39 Å². The van der Waals surface area contributed by atoms with Gasteiger partial charge in [0.2, 0.25) is 5.91 Å². The van der Waals surface area contributed by atoms with Crippen molar-refractivity contribution in [3.8, 4) is 6.07 Å². The SMILES string of the molecule is CC(C)(C)[S@+]([O-])NC(CCC1CC1)(c1ccc(C#N)cc1)c1ccc(F)c(NC(=O)[C@H]2C[C@@H](O)CN2C(=O)Nc2ccc(Cl)cc2)c1. The number of likely N-dealkylation sites (tertiary alicyclic amines) is 1. The summed E-state index contributed by atoms with van der Waals surface area (Å²) >= 11 is 4.39. The molecule has 1 saturated heterocycles. The largest absolute Gasteiger partial charge is 0.598 e. The Balaban J connectivity index is 1.47. The monoisotopic (exact) mass is 679 g/mol. The van der Waals surface area contributed by atoms with Crippen molar-refractivity contribution >= 4 is 46.3 Å². The number of nitrogens with zero attached hydrogens (tertiary/aromatic N) is 2. The van der Waals surface area contributed by atoms with Crippen LogP contribution in [0.1, 0.15) is 69.6 Å². The second-order valence-corrected chi connectivity index (χ2v) is 15.6. The van der Waals surface area contributed by atoms with Crippen LogP contribution in [0, 0.1) is 23.1 Å². The van der Waals surface area contributed by atoms with E-state index in [4.69, 9.17) is 11.6 Å². The molecule has 0 radical (unpaired) electrons. The van der Waals surface area contributed by atoms with E-state index in [0.29, 0.717) is 34.2 Å². The number of aliphatic hydroxyl groups excluding tert-OH is 1. The Labute approximate surface area is 282 Å². The molecule has 1 aliphatic carbocycles. The first-order valence-corrected chi connectivity index (χ1v) is 17.1. The highest BCUT2D eigenvalue weighted by atomic mass is 35.5. The molecular weight excluding hydrogens is 641 g/mol. The number of hydrogen-bond acceptors (Lipinski definition) is 6. The number of aliphatic hydroxyl groups is 1. The van der Waals surface area contributed by atoms with E-state index in [9.17, 15) is 24.5 Å². The number of anilines is 2. The highest BCUT2D eigenvalue weighted by Crippen LogP contribution is 2.43. The maximum atomic E-state index is 15.5. The zero-order valence-corrected chi connectivity index (χ0v) is 28.1. The van der Waals surface area contributed by atoms with Crippen LogP contribution in [-0.2, 0) is 21.7 Å². The first kappa shape index (κ1) is 34.7. The van der Waals surface area contributed by atoms with E-state index in [-0.39, 0.29) is 18.7 Å². The summed E-state index contributed by atoms with van der Waals surface area (Å²) in [4.78, 5) is 28.0. The number of halogens is 2. The third-order valence-corrected chi connectivity index (χ3v) is 10.5. The molecule has 47 heavy (non-hydrogen) atoms. The van der Waals surface area contributed by atoms with Gasteiger partial charge in [0.1, 0.15) is 22.1 Å². The Bertz CT molecular complexity index is 1640. The molecule has 0 spiro atoms. The summed E-state index contributed by atoms with van der Waals surface area (Å²) in [7, 11) is 0. The van der Waals surface area contributed by atoms with E-state index in [0.717, 1.165) is 24.8 Å². The Hall–Kier alpha value is -3.66. The molecule has 12 heteroatoms. The number of β-amino-alcohol motifs (C(OH)–C–C–N with tert-alkyl or cyclic N) is 1. The lowest BCUT2D eigenvalue weighted by Gasteiger charge is -2.39. The number of nitriles is 1. The van der Waals surface area contributed by atoms with Crippen LogP contribution >= 0.6 is 11.6 Å². The Morgan fingerprint density at radius 3 is 2.34 bits per heavy atom. The van der Waals surface area contributed by atoms with Gasteiger partial charge in [-0.1, -0.05) is 42.6 Å². The molecule has 9 nitrogen and oxygen atoms in total. The van der Waals surface area contributed by atoms with Crippen molar-refractivity contribution in [2.24, 2.45) is 5.92 Å². The number of rotatable bonds is 10. The molecule has 248 valence electrons. The molecule has 1 aliphatic heterocycles. The third-order valence-electron chi connectivity index (χ3n) is 8.61. The van der Waals surface area contributed by atoms with Crippen LogP contribution in [0.15, 0.2) is 66.7 Å². The average molecular weight is 680 g/mol. The van der Waals surface area contributed by atoms with Crippen LogP contribution in [0.5, 0.6) is 0 Å². The van der Waals surface area contributed by atoms with Crippen molar-refractivity contribution in [3.05, 3.63) is 94.3 Å². The average Bonchev–Trinajstić information content (AvgIpc) is 3.79. The fourth-order valence-electron chi connectivity index (χ4n) is 5.71. The van der Waals surface area contributed by atoms with Crippen molar-refractivity contribution in [1.82, 2.24) is 9.62 Å². The Morgan fingerprint density at radius 1 is 1.06 bits per heavy atom. The predicted octanol–water partition coefficient (Wildman–Crippen LogP) is 6.44.